The van der Waals surface area contributed by atoms with Crippen LogP contribution >= 0.6 is 0 Å². The number of rotatable bonds is 5. The van der Waals surface area contributed by atoms with E-state index >= 15 is 0 Å². The molecule has 0 fully saturated rings. The number of hydrogen-bond donors (Lipinski definition) is 0. The number of para-hydroxylation sites is 1. The minimum atomic E-state index is -0.310. The van der Waals surface area contributed by atoms with Crippen molar-refractivity contribution in [2.24, 2.45) is 0 Å². The number of nitro benzene ring substituents is 1. The van der Waals surface area contributed by atoms with Crippen LogP contribution < -0.4 is 0 Å². The highest BCUT2D eigenvalue weighted by Gasteiger charge is 2.11. The van der Waals surface area contributed by atoms with Crippen molar-refractivity contribution in [1.29, 1.82) is 0 Å². The van der Waals surface area contributed by atoms with E-state index in [9.17, 15) is 10.1 Å². The normalized spacial score (nSPS) is 10.4. The van der Waals surface area contributed by atoms with Crippen molar-refractivity contribution >= 4 is 5.69 Å². The Morgan fingerprint density at radius 3 is 2.21 bits per heavy atom. The van der Waals surface area contributed by atoms with Gasteiger partial charge in [0.15, 0.2) is 0 Å². The molecule has 19 heavy (non-hydrogen) atoms. The summed E-state index contributed by atoms with van der Waals surface area (Å²) in [5.74, 6) is 0. The molecule has 3 heteroatoms. The van der Waals surface area contributed by atoms with Crippen molar-refractivity contribution in [2.45, 2.75) is 26.2 Å². The van der Waals surface area contributed by atoms with E-state index in [4.69, 9.17) is 0 Å². The summed E-state index contributed by atoms with van der Waals surface area (Å²) in [6.07, 6.45) is 2.56. The Kier molecular flexibility index (Phi) is 4.29. The lowest BCUT2D eigenvalue weighted by molar-refractivity contribution is -0.385. The maximum atomic E-state index is 10.9. The Labute approximate surface area is 113 Å². The molecule has 0 saturated carbocycles. The molecule has 0 aliphatic rings. The molecule has 0 saturated heterocycles. The lowest BCUT2D eigenvalue weighted by Gasteiger charge is -2.04. The minimum Gasteiger partial charge on any atom is -0.258 e. The second-order valence-corrected chi connectivity index (χ2v) is 4.56. The lowest BCUT2D eigenvalue weighted by atomic mass is 10.0. The number of nitro groups is 1. The maximum absolute atomic E-state index is 10.9. The first-order valence-electron chi connectivity index (χ1n) is 6.51. The Hall–Kier alpha value is -2.16. The zero-order chi connectivity index (χ0) is 13.7. The molecule has 0 aliphatic carbocycles. The number of benzene rings is 2. The largest absolute Gasteiger partial charge is 0.272 e. The molecule has 2 aromatic carbocycles. The fourth-order valence-corrected chi connectivity index (χ4v) is 2.12. The molecular formula is C16H17NO2. The summed E-state index contributed by atoms with van der Waals surface area (Å²) in [4.78, 5) is 10.6. The van der Waals surface area contributed by atoms with E-state index < -0.39 is 0 Å². The molecule has 0 aliphatic heterocycles. The molecular weight excluding hydrogens is 238 g/mol. The third-order valence-corrected chi connectivity index (χ3v) is 3.30. The lowest BCUT2D eigenvalue weighted by Crippen LogP contribution is -1.97. The summed E-state index contributed by atoms with van der Waals surface area (Å²) in [7, 11) is 0. The van der Waals surface area contributed by atoms with Crippen LogP contribution in [0.2, 0.25) is 0 Å². The van der Waals surface area contributed by atoms with Crippen molar-refractivity contribution in [1.82, 2.24) is 0 Å². The summed E-state index contributed by atoms with van der Waals surface area (Å²) in [6, 6.07) is 15.4. The first-order chi connectivity index (χ1) is 9.20. The van der Waals surface area contributed by atoms with Crippen molar-refractivity contribution < 1.29 is 4.92 Å². The second kappa shape index (κ2) is 6.14. The molecule has 0 amide bonds. The van der Waals surface area contributed by atoms with Gasteiger partial charge in [0.05, 0.1) is 4.92 Å². The molecule has 3 nitrogen and oxygen atoms in total. The zero-order valence-electron chi connectivity index (χ0n) is 11.0. The fraction of sp³-hybridized carbons (Fsp3) is 0.250. The molecule has 0 spiro atoms. The van der Waals surface area contributed by atoms with Gasteiger partial charge in [0.25, 0.3) is 5.69 Å². The van der Waals surface area contributed by atoms with Crippen molar-refractivity contribution in [3.8, 4) is 0 Å². The number of nitrogens with zero attached hydrogens (tertiary/aromatic N) is 1. The van der Waals surface area contributed by atoms with Crippen LogP contribution in [-0.2, 0) is 19.3 Å². The molecule has 0 bridgehead atoms. The maximum Gasteiger partial charge on any atom is 0.272 e. The van der Waals surface area contributed by atoms with Gasteiger partial charge in [-0.05, 0) is 30.4 Å². The highest BCUT2D eigenvalue weighted by molar-refractivity contribution is 5.40. The smallest absolute Gasteiger partial charge is 0.258 e. The monoisotopic (exact) mass is 255 g/mol. The molecule has 0 radical (unpaired) electrons. The van der Waals surface area contributed by atoms with Crippen molar-refractivity contribution in [3.63, 3.8) is 0 Å². The third-order valence-electron chi connectivity index (χ3n) is 3.30. The van der Waals surface area contributed by atoms with Gasteiger partial charge in [-0.3, -0.25) is 10.1 Å². The van der Waals surface area contributed by atoms with E-state index in [-0.39, 0.29) is 10.6 Å². The van der Waals surface area contributed by atoms with E-state index in [0.717, 1.165) is 18.4 Å². The summed E-state index contributed by atoms with van der Waals surface area (Å²) in [5.41, 5.74) is 3.55. The van der Waals surface area contributed by atoms with Gasteiger partial charge in [-0.2, -0.15) is 0 Å². The predicted octanol–water partition coefficient (Wildman–Crippen LogP) is 3.94. The van der Waals surface area contributed by atoms with Crippen LogP contribution in [0.4, 0.5) is 5.69 Å². The average Bonchev–Trinajstić information content (AvgIpc) is 2.46. The standard InChI is InChI=1S/C16H17NO2/c1-2-13-7-9-14(10-8-13)11-12-15-5-3-4-6-16(15)17(18)19/h3-10H,2,11-12H2,1H3. The highest BCUT2D eigenvalue weighted by Crippen LogP contribution is 2.19. The van der Waals surface area contributed by atoms with Gasteiger partial charge < -0.3 is 0 Å². The Bertz CT molecular complexity index is 561. The topological polar surface area (TPSA) is 43.1 Å². The Morgan fingerprint density at radius 2 is 1.58 bits per heavy atom. The third kappa shape index (κ3) is 3.41. The second-order valence-electron chi connectivity index (χ2n) is 4.56. The highest BCUT2D eigenvalue weighted by atomic mass is 16.6. The van der Waals surface area contributed by atoms with Crippen molar-refractivity contribution in [3.05, 3.63) is 75.3 Å². The fourth-order valence-electron chi connectivity index (χ4n) is 2.12. The Morgan fingerprint density at radius 1 is 0.947 bits per heavy atom. The van der Waals surface area contributed by atoms with Crippen LogP contribution in [0.5, 0.6) is 0 Å². The molecule has 0 atom stereocenters. The number of aryl methyl sites for hydroxylation is 3. The molecule has 2 rings (SSSR count). The van der Waals surface area contributed by atoms with Gasteiger partial charge in [0.2, 0.25) is 0 Å². The van der Waals surface area contributed by atoms with E-state index in [1.54, 1.807) is 12.1 Å². The quantitative estimate of drug-likeness (QED) is 0.600. The molecule has 0 aromatic heterocycles. The molecule has 0 heterocycles. The van der Waals surface area contributed by atoms with Gasteiger partial charge in [0, 0.05) is 11.6 Å². The molecule has 2 aromatic rings. The average molecular weight is 255 g/mol. The van der Waals surface area contributed by atoms with Crippen LogP contribution in [-0.4, -0.2) is 4.92 Å². The van der Waals surface area contributed by atoms with Gasteiger partial charge >= 0.3 is 0 Å². The summed E-state index contributed by atoms with van der Waals surface area (Å²) in [5, 5.41) is 10.9. The van der Waals surface area contributed by atoms with Crippen molar-refractivity contribution in [2.75, 3.05) is 0 Å². The van der Waals surface area contributed by atoms with Crippen LogP contribution in [0.3, 0.4) is 0 Å². The predicted molar refractivity (Wildman–Crippen MR) is 76.3 cm³/mol. The van der Waals surface area contributed by atoms with E-state index in [1.165, 1.54) is 11.1 Å². The Balaban J connectivity index is 2.07. The van der Waals surface area contributed by atoms with Gasteiger partial charge in [-0.25, -0.2) is 0 Å². The first-order valence-corrected chi connectivity index (χ1v) is 6.51. The van der Waals surface area contributed by atoms with Crippen LogP contribution in [0.15, 0.2) is 48.5 Å². The van der Waals surface area contributed by atoms with Crippen LogP contribution in [0, 0.1) is 10.1 Å². The van der Waals surface area contributed by atoms with E-state index in [1.807, 2.05) is 12.1 Å². The minimum absolute atomic E-state index is 0.215. The summed E-state index contributed by atoms with van der Waals surface area (Å²) in [6.45, 7) is 2.13. The van der Waals surface area contributed by atoms with Gasteiger partial charge in [-0.1, -0.05) is 49.4 Å². The number of hydrogen-bond acceptors (Lipinski definition) is 2. The van der Waals surface area contributed by atoms with Crippen LogP contribution in [0.25, 0.3) is 0 Å². The van der Waals surface area contributed by atoms with E-state index in [0.29, 0.717) is 6.42 Å². The summed E-state index contributed by atoms with van der Waals surface area (Å²) < 4.78 is 0. The van der Waals surface area contributed by atoms with Crippen LogP contribution in [0.1, 0.15) is 23.6 Å². The molecule has 0 unspecified atom stereocenters. The first kappa shape index (κ1) is 13.3. The van der Waals surface area contributed by atoms with Gasteiger partial charge in [0.1, 0.15) is 0 Å². The van der Waals surface area contributed by atoms with Gasteiger partial charge in [-0.15, -0.1) is 0 Å². The molecule has 0 N–H and O–H groups in total. The molecule has 98 valence electrons. The zero-order valence-corrected chi connectivity index (χ0v) is 11.0. The SMILES string of the molecule is CCc1ccc(CCc2ccccc2[N+](=O)[O-])cc1. The summed E-state index contributed by atoms with van der Waals surface area (Å²) >= 11 is 0. The van der Waals surface area contributed by atoms with E-state index in [2.05, 4.69) is 31.2 Å².